The maximum absolute atomic E-state index is 14.1. The maximum Gasteiger partial charge on any atom is 0.308 e. The fourth-order valence-electron chi connectivity index (χ4n) is 6.35. The SMILES string of the molecule is CC1(C)CCCC(C)(C)N1OC1(CCl)CC2(CCCCC2)C(c2ccccc2)=[N+]1[O-]. The molecule has 30 heavy (non-hydrogen) atoms. The van der Waals surface area contributed by atoms with Crippen LogP contribution in [0.25, 0.3) is 0 Å². The minimum Gasteiger partial charge on any atom is -0.621 e. The highest BCUT2D eigenvalue weighted by molar-refractivity contribution is 6.18. The molecular weight excluding hydrogens is 396 g/mol. The largest absolute Gasteiger partial charge is 0.621 e. The molecule has 2 aliphatic heterocycles. The van der Waals surface area contributed by atoms with Crippen LogP contribution < -0.4 is 0 Å². The van der Waals surface area contributed by atoms with E-state index in [-0.39, 0.29) is 22.4 Å². The van der Waals surface area contributed by atoms with Gasteiger partial charge in [-0.3, -0.25) is 0 Å². The van der Waals surface area contributed by atoms with Crippen molar-refractivity contribution >= 4 is 17.3 Å². The molecule has 2 heterocycles. The van der Waals surface area contributed by atoms with E-state index in [4.69, 9.17) is 16.4 Å². The van der Waals surface area contributed by atoms with E-state index in [1.54, 1.807) is 0 Å². The Kier molecular flexibility index (Phi) is 5.74. The zero-order chi connectivity index (χ0) is 21.6. The summed E-state index contributed by atoms with van der Waals surface area (Å²) in [6, 6.07) is 10.2. The van der Waals surface area contributed by atoms with Crippen molar-refractivity contribution in [1.29, 1.82) is 0 Å². The van der Waals surface area contributed by atoms with E-state index in [0.717, 1.165) is 49.8 Å². The van der Waals surface area contributed by atoms with E-state index < -0.39 is 5.72 Å². The Balaban J connectivity index is 1.80. The number of rotatable bonds is 4. The summed E-state index contributed by atoms with van der Waals surface area (Å²) in [5.41, 5.74) is 0.405. The second-order valence-electron chi connectivity index (χ2n) is 11.0. The average molecular weight is 433 g/mol. The van der Waals surface area contributed by atoms with Gasteiger partial charge in [-0.15, -0.1) is 11.6 Å². The highest BCUT2D eigenvalue weighted by atomic mass is 35.5. The molecule has 4 rings (SSSR count). The summed E-state index contributed by atoms with van der Waals surface area (Å²) >= 11 is 6.61. The molecule has 0 radical (unpaired) electrons. The Morgan fingerprint density at radius 2 is 1.53 bits per heavy atom. The van der Waals surface area contributed by atoms with Gasteiger partial charge in [-0.2, -0.15) is 9.80 Å². The smallest absolute Gasteiger partial charge is 0.308 e. The molecule has 0 bridgehead atoms. The van der Waals surface area contributed by atoms with Crippen molar-refractivity contribution in [2.45, 2.75) is 102 Å². The van der Waals surface area contributed by atoms with E-state index in [1.165, 1.54) is 17.6 Å². The van der Waals surface area contributed by atoms with Gasteiger partial charge in [0, 0.05) is 16.6 Å². The molecule has 1 saturated heterocycles. The van der Waals surface area contributed by atoms with Gasteiger partial charge in [0.1, 0.15) is 5.88 Å². The first-order valence-corrected chi connectivity index (χ1v) is 12.2. The van der Waals surface area contributed by atoms with Crippen molar-refractivity contribution in [3.63, 3.8) is 0 Å². The fraction of sp³-hybridized carbons (Fsp3) is 0.720. The minimum absolute atomic E-state index is 0.142. The second kappa shape index (κ2) is 7.79. The zero-order valence-electron chi connectivity index (χ0n) is 19.0. The highest BCUT2D eigenvalue weighted by Gasteiger charge is 2.63. The van der Waals surface area contributed by atoms with Crippen LogP contribution in [-0.4, -0.2) is 38.2 Å². The van der Waals surface area contributed by atoms with Crippen LogP contribution >= 0.6 is 11.6 Å². The van der Waals surface area contributed by atoms with Crippen LogP contribution in [-0.2, 0) is 4.84 Å². The summed E-state index contributed by atoms with van der Waals surface area (Å²) in [5, 5.41) is 16.2. The Labute approximate surface area is 186 Å². The van der Waals surface area contributed by atoms with Gasteiger partial charge in [0.2, 0.25) is 5.71 Å². The third-order valence-electron chi connectivity index (χ3n) is 7.69. The molecule has 1 atom stereocenters. The molecule has 166 valence electrons. The van der Waals surface area contributed by atoms with Crippen LogP contribution in [0, 0.1) is 10.6 Å². The fourth-order valence-corrected chi connectivity index (χ4v) is 6.61. The summed E-state index contributed by atoms with van der Waals surface area (Å²) in [4.78, 5) is 6.81. The summed E-state index contributed by atoms with van der Waals surface area (Å²) in [6.45, 7) is 8.88. The molecule has 1 aromatic rings. The van der Waals surface area contributed by atoms with Crippen LogP contribution in [0.15, 0.2) is 30.3 Å². The molecule has 1 aromatic carbocycles. The highest BCUT2D eigenvalue weighted by Crippen LogP contribution is 2.52. The minimum atomic E-state index is -1.06. The first kappa shape index (κ1) is 22.1. The van der Waals surface area contributed by atoms with E-state index in [9.17, 15) is 5.21 Å². The number of hydrogen-bond acceptors (Lipinski definition) is 3. The Hall–Kier alpha value is -1.10. The standard InChI is InChI=1S/C25H37ClN2O2/c1-22(2)14-11-15-23(3,4)28(22)30-25(19-26)18-24(16-9-6-10-17-24)21(27(25)29)20-12-7-5-8-13-20/h5,7-8,12-13H,6,9-11,14-19H2,1-4H3. The van der Waals surface area contributed by atoms with Gasteiger partial charge in [-0.05, 0) is 71.9 Å². The quantitative estimate of drug-likeness (QED) is 0.320. The molecule has 0 N–H and O–H groups in total. The molecule has 5 heteroatoms. The number of alkyl halides is 1. The first-order valence-electron chi connectivity index (χ1n) is 11.6. The monoisotopic (exact) mass is 432 g/mol. The lowest BCUT2D eigenvalue weighted by atomic mass is 9.67. The zero-order valence-corrected chi connectivity index (χ0v) is 19.8. The Morgan fingerprint density at radius 1 is 0.933 bits per heavy atom. The van der Waals surface area contributed by atoms with Gasteiger partial charge in [-0.25, -0.2) is 4.84 Å². The van der Waals surface area contributed by atoms with E-state index >= 15 is 0 Å². The predicted octanol–water partition coefficient (Wildman–Crippen LogP) is 6.25. The molecule has 1 spiro atoms. The number of nitrogens with zero attached hydrogens (tertiary/aromatic N) is 2. The Morgan fingerprint density at radius 3 is 2.10 bits per heavy atom. The molecule has 1 aliphatic carbocycles. The molecule has 2 fully saturated rings. The second-order valence-corrected chi connectivity index (χ2v) is 11.2. The topological polar surface area (TPSA) is 38.5 Å². The molecule has 0 amide bonds. The third kappa shape index (κ3) is 3.59. The third-order valence-corrected chi connectivity index (χ3v) is 8.11. The van der Waals surface area contributed by atoms with Crippen molar-refractivity contribution in [2.75, 3.05) is 5.88 Å². The first-order chi connectivity index (χ1) is 14.2. The van der Waals surface area contributed by atoms with Gasteiger partial charge >= 0.3 is 5.72 Å². The van der Waals surface area contributed by atoms with Crippen molar-refractivity contribution in [1.82, 2.24) is 5.06 Å². The molecule has 1 saturated carbocycles. The average Bonchev–Trinajstić information content (AvgIpc) is 2.94. The number of piperidine rings is 1. The van der Waals surface area contributed by atoms with Crippen LogP contribution in [0.2, 0.25) is 0 Å². The van der Waals surface area contributed by atoms with Gasteiger partial charge in [0.05, 0.1) is 11.8 Å². The van der Waals surface area contributed by atoms with Crippen molar-refractivity contribution in [3.8, 4) is 0 Å². The molecule has 3 aliphatic rings. The molecule has 0 aromatic heterocycles. The van der Waals surface area contributed by atoms with Crippen molar-refractivity contribution in [2.24, 2.45) is 5.41 Å². The van der Waals surface area contributed by atoms with Crippen LogP contribution in [0.4, 0.5) is 0 Å². The summed E-state index contributed by atoms with van der Waals surface area (Å²) < 4.78 is 1.17. The lowest BCUT2D eigenvalue weighted by Gasteiger charge is -2.53. The number of hydroxylamine groups is 3. The van der Waals surface area contributed by atoms with Crippen LogP contribution in [0.3, 0.4) is 0 Å². The van der Waals surface area contributed by atoms with Crippen LogP contribution in [0.5, 0.6) is 0 Å². The normalized spacial score (nSPS) is 30.7. The van der Waals surface area contributed by atoms with Crippen LogP contribution in [0.1, 0.15) is 91.0 Å². The molecule has 1 unspecified atom stereocenters. The summed E-state index contributed by atoms with van der Waals surface area (Å²) in [7, 11) is 0. The maximum atomic E-state index is 14.1. The number of benzene rings is 1. The number of halogens is 1. The Bertz CT molecular complexity index is 783. The van der Waals surface area contributed by atoms with Gasteiger partial charge in [0.15, 0.2) is 0 Å². The predicted molar refractivity (Wildman–Crippen MR) is 123 cm³/mol. The van der Waals surface area contributed by atoms with Crippen molar-refractivity contribution < 1.29 is 9.58 Å². The van der Waals surface area contributed by atoms with Gasteiger partial charge in [-0.1, -0.05) is 37.5 Å². The molecule has 4 nitrogen and oxygen atoms in total. The molecular formula is C25H37ClN2O2. The number of hydrogen-bond donors (Lipinski definition) is 0. The van der Waals surface area contributed by atoms with Gasteiger partial charge in [0.25, 0.3) is 0 Å². The van der Waals surface area contributed by atoms with Gasteiger partial charge < -0.3 is 5.21 Å². The summed E-state index contributed by atoms with van der Waals surface area (Å²) in [5.74, 6) is 0.164. The van der Waals surface area contributed by atoms with Crippen molar-refractivity contribution in [3.05, 3.63) is 41.1 Å². The van der Waals surface area contributed by atoms with E-state index in [0.29, 0.717) is 6.42 Å². The van der Waals surface area contributed by atoms with E-state index in [1.807, 2.05) is 18.2 Å². The lowest BCUT2D eigenvalue weighted by Crippen LogP contribution is -2.63. The lowest BCUT2D eigenvalue weighted by molar-refractivity contribution is -0.631. The van der Waals surface area contributed by atoms with E-state index in [2.05, 4.69) is 44.9 Å². The summed E-state index contributed by atoms with van der Waals surface area (Å²) in [6.07, 6.45) is 9.55.